The third-order valence-corrected chi connectivity index (χ3v) is 1.87. The summed E-state index contributed by atoms with van der Waals surface area (Å²) in [5.74, 6) is 0. The van der Waals surface area contributed by atoms with E-state index >= 15 is 0 Å². The predicted octanol–water partition coefficient (Wildman–Crippen LogP) is 1.13. The van der Waals surface area contributed by atoms with Crippen molar-refractivity contribution >= 4 is 6.34 Å². The van der Waals surface area contributed by atoms with Crippen molar-refractivity contribution in [3.63, 3.8) is 0 Å². The van der Waals surface area contributed by atoms with Gasteiger partial charge in [0.15, 0.2) is 0 Å². The molecule has 0 aromatic carbocycles. The molecule has 2 heteroatoms. The van der Waals surface area contributed by atoms with Gasteiger partial charge in [-0.25, -0.2) is 0 Å². The van der Waals surface area contributed by atoms with Gasteiger partial charge in [-0.3, -0.25) is 4.99 Å². The van der Waals surface area contributed by atoms with Crippen molar-refractivity contribution in [3.8, 4) is 0 Å². The van der Waals surface area contributed by atoms with Crippen LogP contribution in [-0.2, 0) is 0 Å². The van der Waals surface area contributed by atoms with Crippen molar-refractivity contribution in [1.29, 1.82) is 0 Å². The summed E-state index contributed by atoms with van der Waals surface area (Å²) >= 11 is 0. The molecule has 1 unspecified atom stereocenters. The lowest BCUT2D eigenvalue weighted by atomic mass is 10.2. The van der Waals surface area contributed by atoms with Gasteiger partial charge in [0.1, 0.15) is 0 Å². The lowest BCUT2D eigenvalue weighted by Crippen LogP contribution is -2.24. The Labute approximate surface area is 56.6 Å². The van der Waals surface area contributed by atoms with Crippen LogP contribution >= 0.6 is 0 Å². The molecule has 0 N–H and O–H groups in total. The Kier molecular flexibility index (Phi) is 2.09. The average molecular weight is 126 g/mol. The summed E-state index contributed by atoms with van der Waals surface area (Å²) in [6.45, 7) is 3.44. The van der Waals surface area contributed by atoms with Crippen LogP contribution in [0.25, 0.3) is 0 Å². The summed E-state index contributed by atoms with van der Waals surface area (Å²) in [7, 11) is 1.82. The first kappa shape index (κ1) is 6.59. The molecule has 1 atom stereocenters. The summed E-state index contributed by atoms with van der Waals surface area (Å²) in [4.78, 5) is 6.26. The Bertz CT molecular complexity index is 109. The molecule has 0 spiro atoms. The lowest BCUT2D eigenvalue weighted by Gasteiger charge is -2.16. The molecule has 0 aromatic rings. The van der Waals surface area contributed by atoms with Crippen LogP contribution in [0, 0.1) is 0 Å². The van der Waals surface area contributed by atoms with E-state index in [1.54, 1.807) is 0 Å². The van der Waals surface area contributed by atoms with E-state index in [0.29, 0.717) is 6.04 Å². The normalized spacial score (nSPS) is 28.2. The molecular formula is C7H14N2. The summed E-state index contributed by atoms with van der Waals surface area (Å²) < 4.78 is 0. The zero-order valence-electron chi connectivity index (χ0n) is 6.17. The molecule has 0 amide bonds. The molecule has 52 valence electrons. The van der Waals surface area contributed by atoms with Crippen molar-refractivity contribution < 1.29 is 0 Å². The summed E-state index contributed by atoms with van der Waals surface area (Å²) in [6.07, 6.45) is 4.59. The first-order valence-corrected chi connectivity index (χ1v) is 3.52. The Morgan fingerprint density at radius 2 is 2.44 bits per heavy atom. The summed E-state index contributed by atoms with van der Waals surface area (Å²) in [5.41, 5.74) is 0. The highest BCUT2D eigenvalue weighted by Gasteiger charge is 2.15. The monoisotopic (exact) mass is 126 g/mol. The fourth-order valence-electron chi connectivity index (χ4n) is 1.28. The fourth-order valence-corrected chi connectivity index (χ4v) is 1.28. The Morgan fingerprint density at radius 3 is 2.89 bits per heavy atom. The first-order valence-electron chi connectivity index (χ1n) is 3.52. The average Bonchev–Trinajstić information content (AvgIpc) is 2.18. The quantitative estimate of drug-likeness (QED) is 0.380. The molecule has 0 aliphatic carbocycles. The van der Waals surface area contributed by atoms with Gasteiger partial charge in [-0.15, -0.1) is 0 Å². The second-order valence-corrected chi connectivity index (χ2v) is 2.60. The minimum atomic E-state index is 0.716. The molecule has 0 bridgehead atoms. The molecule has 0 aromatic heterocycles. The highest BCUT2D eigenvalue weighted by Crippen LogP contribution is 2.13. The van der Waals surface area contributed by atoms with Crippen LogP contribution in [0.5, 0.6) is 0 Å². The van der Waals surface area contributed by atoms with Crippen molar-refractivity contribution in [1.82, 2.24) is 4.90 Å². The maximum Gasteiger partial charge on any atom is 0.0848 e. The van der Waals surface area contributed by atoms with Gasteiger partial charge in [0.05, 0.1) is 6.34 Å². The third-order valence-electron chi connectivity index (χ3n) is 1.87. The summed E-state index contributed by atoms with van der Waals surface area (Å²) in [5, 5.41) is 0. The molecule has 1 aliphatic rings. The van der Waals surface area contributed by atoms with Gasteiger partial charge in [-0.1, -0.05) is 0 Å². The number of hydrogen-bond acceptors (Lipinski definition) is 1. The fraction of sp³-hybridized carbons (Fsp3) is 0.857. The van der Waals surface area contributed by atoms with Crippen LogP contribution < -0.4 is 0 Å². The molecule has 0 radical (unpaired) electrons. The van der Waals surface area contributed by atoms with Crippen molar-refractivity contribution in [2.75, 3.05) is 13.6 Å². The SMILES string of the molecule is C/N=C/N1CCCC1C. The minimum absolute atomic E-state index is 0.716. The van der Waals surface area contributed by atoms with E-state index in [0.717, 1.165) is 0 Å². The van der Waals surface area contributed by atoms with Gasteiger partial charge in [0.2, 0.25) is 0 Å². The van der Waals surface area contributed by atoms with Crippen molar-refractivity contribution in [3.05, 3.63) is 0 Å². The Hall–Kier alpha value is -0.530. The van der Waals surface area contributed by atoms with Crippen LogP contribution in [0.3, 0.4) is 0 Å². The predicted molar refractivity (Wildman–Crippen MR) is 39.8 cm³/mol. The number of rotatable bonds is 1. The van der Waals surface area contributed by atoms with E-state index < -0.39 is 0 Å². The van der Waals surface area contributed by atoms with Gasteiger partial charge >= 0.3 is 0 Å². The van der Waals surface area contributed by atoms with E-state index in [2.05, 4.69) is 16.8 Å². The molecule has 9 heavy (non-hydrogen) atoms. The molecule has 0 saturated carbocycles. The van der Waals surface area contributed by atoms with Crippen LogP contribution in [0.4, 0.5) is 0 Å². The van der Waals surface area contributed by atoms with Crippen LogP contribution in [-0.4, -0.2) is 30.9 Å². The molecule has 1 heterocycles. The van der Waals surface area contributed by atoms with E-state index in [1.165, 1.54) is 19.4 Å². The molecule has 2 nitrogen and oxygen atoms in total. The third kappa shape index (κ3) is 1.44. The second-order valence-electron chi connectivity index (χ2n) is 2.60. The van der Waals surface area contributed by atoms with Crippen molar-refractivity contribution in [2.24, 2.45) is 4.99 Å². The van der Waals surface area contributed by atoms with E-state index in [4.69, 9.17) is 0 Å². The van der Waals surface area contributed by atoms with Gasteiger partial charge in [-0.05, 0) is 19.8 Å². The highest BCUT2D eigenvalue weighted by molar-refractivity contribution is 5.55. The van der Waals surface area contributed by atoms with E-state index in [1.807, 2.05) is 13.4 Å². The van der Waals surface area contributed by atoms with Gasteiger partial charge in [-0.2, -0.15) is 0 Å². The van der Waals surface area contributed by atoms with Crippen LogP contribution in [0.1, 0.15) is 19.8 Å². The highest BCUT2D eigenvalue weighted by atomic mass is 15.2. The molecule has 1 saturated heterocycles. The van der Waals surface area contributed by atoms with Gasteiger partial charge < -0.3 is 4.90 Å². The smallest absolute Gasteiger partial charge is 0.0848 e. The number of likely N-dealkylation sites (tertiary alicyclic amines) is 1. The summed E-state index contributed by atoms with van der Waals surface area (Å²) in [6, 6.07) is 0.716. The zero-order chi connectivity index (χ0) is 6.69. The Balaban J connectivity index is 2.39. The minimum Gasteiger partial charge on any atom is -0.360 e. The number of aliphatic imine (C=N–C) groups is 1. The van der Waals surface area contributed by atoms with E-state index in [-0.39, 0.29) is 0 Å². The number of hydrogen-bond donors (Lipinski definition) is 0. The van der Waals surface area contributed by atoms with Crippen LogP contribution in [0.2, 0.25) is 0 Å². The number of nitrogens with zero attached hydrogens (tertiary/aromatic N) is 2. The molecule has 1 aliphatic heterocycles. The van der Waals surface area contributed by atoms with Gasteiger partial charge in [0, 0.05) is 19.6 Å². The van der Waals surface area contributed by atoms with E-state index in [9.17, 15) is 0 Å². The topological polar surface area (TPSA) is 15.6 Å². The molecule has 1 rings (SSSR count). The Morgan fingerprint density at radius 1 is 1.67 bits per heavy atom. The van der Waals surface area contributed by atoms with Crippen LogP contribution in [0.15, 0.2) is 4.99 Å². The van der Waals surface area contributed by atoms with Gasteiger partial charge in [0.25, 0.3) is 0 Å². The maximum absolute atomic E-state index is 3.97. The largest absolute Gasteiger partial charge is 0.360 e. The second kappa shape index (κ2) is 2.85. The lowest BCUT2D eigenvalue weighted by molar-refractivity contribution is 0.426. The standard InChI is InChI=1S/C7H14N2/c1-7-4-3-5-9(7)6-8-2/h6-7H,3-5H2,1-2H3/b8-6+. The first-order chi connectivity index (χ1) is 4.34. The molecular weight excluding hydrogens is 112 g/mol. The molecule has 1 fully saturated rings. The van der Waals surface area contributed by atoms with Crippen molar-refractivity contribution in [2.45, 2.75) is 25.8 Å². The zero-order valence-corrected chi connectivity index (χ0v) is 6.17. The maximum atomic E-state index is 3.97.